The van der Waals surface area contributed by atoms with Crippen LogP contribution >= 0.6 is 23.1 Å². The number of aromatic nitrogens is 2. The molecule has 0 unspecified atom stereocenters. The molecule has 2 heterocycles. The molecule has 0 aliphatic carbocycles. The number of hydrogen-bond acceptors (Lipinski definition) is 5. The lowest BCUT2D eigenvalue weighted by molar-refractivity contribution is -0.121. The van der Waals surface area contributed by atoms with E-state index in [2.05, 4.69) is 9.59 Å². The summed E-state index contributed by atoms with van der Waals surface area (Å²) in [5.74, 6) is 0.128. The van der Waals surface area contributed by atoms with Crippen LogP contribution in [-0.2, 0) is 11.3 Å². The average Bonchev–Trinajstić information content (AvgIpc) is 3.06. The first-order chi connectivity index (χ1) is 10.2. The van der Waals surface area contributed by atoms with Gasteiger partial charge in [-0.15, -0.1) is 5.10 Å². The lowest BCUT2D eigenvalue weighted by Gasteiger charge is -2.23. The van der Waals surface area contributed by atoms with Crippen molar-refractivity contribution in [2.24, 2.45) is 0 Å². The number of carbonyl (C=O) groups excluding carboxylic acids is 1. The Balaban J connectivity index is 1.70. The summed E-state index contributed by atoms with van der Waals surface area (Å²) in [6.45, 7) is 1.27. The fourth-order valence-corrected chi connectivity index (χ4v) is 3.19. The fraction of sp³-hybridized carbons (Fsp3) is 0.357. The Morgan fingerprint density at radius 2 is 2.19 bits per heavy atom. The molecule has 5 nitrogen and oxygen atoms in total. The van der Waals surface area contributed by atoms with Crippen molar-refractivity contribution in [2.45, 2.75) is 19.0 Å². The molecule has 0 radical (unpaired) electrons. The van der Waals surface area contributed by atoms with Crippen molar-refractivity contribution >= 4 is 34.7 Å². The van der Waals surface area contributed by atoms with Crippen LogP contribution in [0.15, 0.2) is 30.3 Å². The number of amides is 1. The van der Waals surface area contributed by atoms with E-state index in [4.69, 9.17) is 11.6 Å². The number of carbonyl (C=O) groups is 1. The first-order valence-electron chi connectivity index (χ1n) is 6.70. The molecular formula is C14H15ClN4OS. The van der Waals surface area contributed by atoms with Gasteiger partial charge in [0.05, 0.1) is 6.04 Å². The van der Waals surface area contributed by atoms with E-state index in [1.54, 1.807) is 0 Å². The quantitative estimate of drug-likeness (QED) is 0.867. The van der Waals surface area contributed by atoms with E-state index in [9.17, 15) is 4.79 Å². The minimum absolute atomic E-state index is 0.128. The summed E-state index contributed by atoms with van der Waals surface area (Å²) in [6.07, 6.45) is 0.805. The lowest BCUT2D eigenvalue weighted by atomic mass is 10.2. The number of benzene rings is 1. The van der Waals surface area contributed by atoms with Crippen molar-refractivity contribution in [3.63, 3.8) is 0 Å². The Morgan fingerprint density at radius 1 is 1.43 bits per heavy atom. The Morgan fingerprint density at radius 3 is 2.86 bits per heavy atom. The lowest BCUT2D eigenvalue weighted by Crippen LogP contribution is -2.39. The smallest absolute Gasteiger partial charge is 0.244 e. The van der Waals surface area contributed by atoms with Crippen LogP contribution in [0.4, 0.5) is 5.69 Å². The van der Waals surface area contributed by atoms with E-state index in [0.717, 1.165) is 24.3 Å². The predicted octanol–water partition coefficient (Wildman–Crippen LogP) is 2.43. The van der Waals surface area contributed by atoms with Crippen molar-refractivity contribution in [2.75, 3.05) is 18.5 Å². The van der Waals surface area contributed by atoms with Crippen LogP contribution in [0.2, 0.25) is 4.34 Å². The summed E-state index contributed by atoms with van der Waals surface area (Å²) in [6, 6.07) is 9.62. The second-order valence-electron chi connectivity index (χ2n) is 5.04. The second-order valence-corrected chi connectivity index (χ2v) is 6.39. The van der Waals surface area contributed by atoms with Gasteiger partial charge < -0.3 is 4.90 Å². The van der Waals surface area contributed by atoms with E-state index in [1.165, 1.54) is 11.5 Å². The molecule has 1 amide bonds. The van der Waals surface area contributed by atoms with Crippen LogP contribution in [0.3, 0.4) is 0 Å². The van der Waals surface area contributed by atoms with Gasteiger partial charge in [-0.3, -0.25) is 9.69 Å². The highest BCUT2D eigenvalue weighted by Crippen LogP contribution is 2.25. The molecule has 1 aliphatic rings. The molecule has 110 valence electrons. The first-order valence-corrected chi connectivity index (χ1v) is 7.85. The van der Waals surface area contributed by atoms with Crippen molar-refractivity contribution in [1.82, 2.24) is 14.5 Å². The number of para-hydroxylation sites is 1. The molecule has 7 heteroatoms. The molecule has 1 aromatic heterocycles. The summed E-state index contributed by atoms with van der Waals surface area (Å²) < 4.78 is 4.41. The van der Waals surface area contributed by atoms with Crippen LogP contribution in [0, 0.1) is 0 Å². The van der Waals surface area contributed by atoms with Crippen LogP contribution in [0.1, 0.15) is 12.1 Å². The maximum absolute atomic E-state index is 12.6. The van der Waals surface area contributed by atoms with Gasteiger partial charge in [-0.05, 0) is 25.6 Å². The van der Waals surface area contributed by atoms with Crippen molar-refractivity contribution in [3.8, 4) is 0 Å². The highest BCUT2D eigenvalue weighted by molar-refractivity contribution is 7.10. The Hall–Kier alpha value is -1.50. The van der Waals surface area contributed by atoms with Crippen molar-refractivity contribution < 1.29 is 4.79 Å². The van der Waals surface area contributed by atoms with Crippen LogP contribution < -0.4 is 4.90 Å². The molecular weight excluding hydrogens is 308 g/mol. The number of nitrogens with zero attached hydrogens (tertiary/aromatic N) is 4. The standard InChI is InChI=1S/C14H15ClN4OS/c1-18(9-11-13(15)21-17-16-11)12-7-8-19(14(12)20)10-5-3-2-4-6-10/h2-6,12H,7-9H2,1H3/t12-/m1/s1. The van der Waals surface area contributed by atoms with Gasteiger partial charge in [-0.1, -0.05) is 34.3 Å². The summed E-state index contributed by atoms with van der Waals surface area (Å²) in [7, 11) is 1.92. The third kappa shape index (κ3) is 2.92. The molecule has 1 aliphatic heterocycles. The highest BCUT2D eigenvalue weighted by atomic mass is 35.5. The predicted molar refractivity (Wildman–Crippen MR) is 83.6 cm³/mol. The third-order valence-electron chi connectivity index (χ3n) is 3.69. The first kappa shape index (κ1) is 14.4. The Labute approximate surface area is 132 Å². The van der Waals surface area contributed by atoms with Gasteiger partial charge >= 0.3 is 0 Å². The minimum Gasteiger partial charge on any atom is -0.311 e. The van der Waals surface area contributed by atoms with E-state index >= 15 is 0 Å². The normalized spacial score (nSPS) is 18.7. The zero-order valence-electron chi connectivity index (χ0n) is 11.6. The van der Waals surface area contributed by atoms with Crippen LogP contribution in [0.5, 0.6) is 0 Å². The minimum atomic E-state index is -0.136. The summed E-state index contributed by atoms with van der Waals surface area (Å²) in [4.78, 5) is 16.4. The zero-order chi connectivity index (χ0) is 14.8. The van der Waals surface area contributed by atoms with Gasteiger partial charge in [0.1, 0.15) is 10.0 Å². The molecule has 1 fully saturated rings. The number of anilines is 1. The van der Waals surface area contributed by atoms with Crippen LogP contribution in [0.25, 0.3) is 0 Å². The molecule has 0 N–H and O–H groups in total. The summed E-state index contributed by atoms with van der Waals surface area (Å²) in [5.41, 5.74) is 1.68. The maximum atomic E-state index is 12.6. The molecule has 0 saturated carbocycles. The maximum Gasteiger partial charge on any atom is 0.244 e. The van der Waals surface area contributed by atoms with Gasteiger partial charge in [0, 0.05) is 30.3 Å². The van der Waals surface area contributed by atoms with Crippen molar-refractivity contribution in [3.05, 3.63) is 40.4 Å². The van der Waals surface area contributed by atoms with Gasteiger partial charge in [0.15, 0.2) is 0 Å². The molecule has 0 bridgehead atoms. The number of hydrogen-bond donors (Lipinski definition) is 0. The average molecular weight is 323 g/mol. The van der Waals surface area contributed by atoms with Crippen molar-refractivity contribution in [1.29, 1.82) is 0 Å². The number of rotatable bonds is 4. The fourth-order valence-electron chi connectivity index (χ4n) is 2.58. The Bertz CT molecular complexity index is 633. The van der Waals surface area contributed by atoms with Gasteiger partial charge in [-0.2, -0.15) is 0 Å². The summed E-state index contributed by atoms with van der Waals surface area (Å²) in [5, 5.41) is 4.00. The SMILES string of the molecule is CN(Cc1nnsc1Cl)[C@@H]1CCN(c2ccccc2)C1=O. The molecule has 0 spiro atoms. The molecule has 21 heavy (non-hydrogen) atoms. The third-order valence-corrected chi connectivity index (χ3v) is 4.67. The van der Waals surface area contributed by atoms with Gasteiger partial charge in [0.2, 0.25) is 5.91 Å². The molecule has 1 saturated heterocycles. The second kappa shape index (κ2) is 6.09. The topological polar surface area (TPSA) is 49.3 Å². The highest BCUT2D eigenvalue weighted by Gasteiger charge is 2.35. The van der Waals surface area contributed by atoms with E-state index < -0.39 is 0 Å². The Kier molecular flexibility index (Phi) is 4.19. The molecule has 1 atom stereocenters. The molecule has 3 rings (SSSR count). The molecule has 2 aromatic rings. The van der Waals surface area contributed by atoms with E-state index in [0.29, 0.717) is 10.9 Å². The largest absolute Gasteiger partial charge is 0.311 e. The zero-order valence-corrected chi connectivity index (χ0v) is 13.1. The van der Waals surface area contributed by atoms with E-state index in [1.807, 2.05) is 47.2 Å². The van der Waals surface area contributed by atoms with Crippen LogP contribution in [-0.4, -0.2) is 40.0 Å². The van der Waals surface area contributed by atoms with Gasteiger partial charge in [-0.25, -0.2) is 0 Å². The molecule has 1 aromatic carbocycles. The monoisotopic (exact) mass is 322 g/mol. The van der Waals surface area contributed by atoms with Gasteiger partial charge in [0.25, 0.3) is 0 Å². The summed E-state index contributed by atoms with van der Waals surface area (Å²) >= 11 is 7.19. The number of halogens is 1. The number of likely N-dealkylation sites (N-methyl/N-ethyl adjacent to an activating group) is 1. The van der Waals surface area contributed by atoms with E-state index in [-0.39, 0.29) is 11.9 Å².